The number of carbonyl (C=O) groups is 1. The second kappa shape index (κ2) is 5.75. The van der Waals surface area contributed by atoms with Gasteiger partial charge in [-0.2, -0.15) is 0 Å². The van der Waals surface area contributed by atoms with E-state index in [4.69, 9.17) is 9.84 Å². The van der Waals surface area contributed by atoms with Gasteiger partial charge in [0.1, 0.15) is 0 Å². The smallest absolute Gasteiger partial charge is 0.313 e. The highest BCUT2D eigenvalue weighted by Crippen LogP contribution is 2.35. The Hall–Kier alpha value is -1.01. The molecule has 6 heteroatoms. The van der Waals surface area contributed by atoms with E-state index in [1.807, 2.05) is 13.1 Å². The van der Waals surface area contributed by atoms with Crippen molar-refractivity contribution in [2.75, 3.05) is 12.9 Å². The van der Waals surface area contributed by atoms with Crippen LogP contribution < -0.4 is 0 Å². The molecule has 5 nitrogen and oxygen atoms in total. The summed E-state index contributed by atoms with van der Waals surface area (Å²) >= 11 is 1.27. The number of nitrogens with zero attached hydrogens (tertiary/aromatic N) is 2. The number of imidazole rings is 1. The first-order valence-electron chi connectivity index (χ1n) is 6.04. The van der Waals surface area contributed by atoms with Crippen LogP contribution in [0, 0.1) is 6.92 Å². The molecule has 1 aromatic rings. The fraction of sp³-hybridized carbons (Fsp3) is 0.667. The Morgan fingerprint density at radius 1 is 1.67 bits per heavy atom. The minimum Gasteiger partial charge on any atom is -0.481 e. The Balaban J connectivity index is 2.18. The van der Waals surface area contributed by atoms with Crippen LogP contribution in [0.25, 0.3) is 0 Å². The molecule has 0 saturated heterocycles. The monoisotopic (exact) mass is 270 g/mol. The predicted molar refractivity (Wildman–Crippen MR) is 69.0 cm³/mol. The van der Waals surface area contributed by atoms with Crippen molar-refractivity contribution in [3.63, 3.8) is 0 Å². The first-order valence-corrected chi connectivity index (χ1v) is 7.03. The van der Waals surface area contributed by atoms with Gasteiger partial charge in [0.25, 0.3) is 0 Å². The molecule has 2 unspecified atom stereocenters. The highest BCUT2D eigenvalue weighted by molar-refractivity contribution is 7.99. The number of carboxylic acid groups (broad SMARTS) is 1. The van der Waals surface area contributed by atoms with E-state index in [1.165, 1.54) is 11.8 Å². The summed E-state index contributed by atoms with van der Waals surface area (Å²) in [5.74, 6) is -0.775. The number of ether oxygens (including phenoxy) is 1. The summed E-state index contributed by atoms with van der Waals surface area (Å²) in [5.41, 5.74) is 0.921. The minimum atomic E-state index is -0.818. The molecular formula is C12H18N2O3S. The van der Waals surface area contributed by atoms with Gasteiger partial charge in [0.2, 0.25) is 0 Å². The van der Waals surface area contributed by atoms with Crippen molar-refractivity contribution in [2.45, 2.75) is 43.5 Å². The van der Waals surface area contributed by atoms with E-state index in [2.05, 4.69) is 9.55 Å². The lowest BCUT2D eigenvalue weighted by Crippen LogP contribution is -2.20. The Morgan fingerprint density at radius 3 is 3.11 bits per heavy atom. The van der Waals surface area contributed by atoms with Crippen molar-refractivity contribution < 1.29 is 14.6 Å². The van der Waals surface area contributed by atoms with Crippen LogP contribution in [0.4, 0.5) is 0 Å². The van der Waals surface area contributed by atoms with Gasteiger partial charge in [-0.3, -0.25) is 4.79 Å². The summed E-state index contributed by atoms with van der Waals surface area (Å²) in [4.78, 5) is 15.1. The highest BCUT2D eigenvalue weighted by atomic mass is 32.2. The van der Waals surface area contributed by atoms with Crippen LogP contribution in [0.1, 0.15) is 31.0 Å². The average Bonchev–Trinajstić information content (AvgIpc) is 2.91. The quantitative estimate of drug-likeness (QED) is 0.830. The van der Waals surface area contributed by atoms with Crippen molar-refractivity contribution in [2.24, 2.45) is 0 Å². The molecule has 1 aliphatic carbocycles. The number of hydrogen-bond donors (Lipinski definition) is 1. The van der Waals surface area contributed by atoms with Gasteiger partial charge in [0.05, 0.1) is 23.6 Å². The third-order valence-electron chi connectivity index (χ3n) is 3.22. The highest BCUT2D eigenvalue weighted by Gasteiger charge is 2.30. The first kappa shape index (κ1) is 13.4. The maximum atomic E-state index is 10.6. The van der Waals surface area contributed by atoms with Gasteiger partial charge in [0, 0.05) is 13.3 Å². The zero-order valence-electron chi connectivity index (χ0n) is 10.6. The summed E-state index contributed by atoms with van der Waals surface area (Å²) < 4.78 is 7.58. The molecule has 2 rings (SSSR count). The summed E-state index contributed by atoms with van der Waals surface area (Å²) in [6.07, 6.45) is 5.47. The summed E-state index contributed by atoms with van der Waals surface area (Å²) in [7, 11) is 1.73. The van der Waals surface area contributed by atoms with Crippen LogP contribution in [0.15, 0.2) is 11.4 Å². The molecule has 0 amide bonds. The first-order chi connectivity index (χ1) is 8.61. The lowest BCUT2D eigenvalue weighted by molar-refractivity contribution is -0.133. The van der Waals surface area contributed by atoms with Crippen LogP contribution in [-0.4, -0.2) is 39.6 Å². The normalized spacial score (nSPS) is 23.4. The van der Waals surface area contributed by atoms with Crippen molar-refractivity contribution in [3.05, 3.63) is 11.9 Å². The van der Waals surface area contributed by atoms with Gasteiger partial charge in [-0.25, -0.2) is 4.98 Å². The number of methoxy groups -OCH3 is 1. The van der Waals surface area contributed by atoms with Crippen LogP contribution in [-0.2, 0) is 9.53 Å². The molecule has 100 valence electrons. The maximum Gasteiger partial charge on any atom is 0.313 e. The molecule has 1 aliphatic rings. The molecule has 0 radical (unpaired) electrons. The number of aromatic nitrogens is 2. The number of carboxylic acids is 1. The van der Waals surface area contributed by atoms with E-state index in [1.54, 1.807) is 7.11 Å². The molecule has 0 spiro atoms. The third-order valence-corrected chi connectivity index (χ3v) is 4.17. The lowest BCUT2D eigenvalue weighted by atomic mass is 10.2. The molecule has 0 bridgehead atoms. The summed E-state index contributed by atoms with van der Waals surface area (Å²) in [6.45, 7) is 1.93. The third kappa shape index (κ3) is 2.87. The Kier molecular flexibility index (Phi) is 4.29. The van der Waals surface area contributed by atoms with E-state index in [0.717, 1.165) is 30.1 Å². The van der Waals surface area contributed by atoms with Crippen molar-refractivity contribution >= 4 is 17.7 Å². The van der Waals surface area contributed by atoms with Crippen LogP contribution >= 0.6 is 11.8 Å². The van der Waals surface area contributed by atoms with Crippen LogP contribution in [0.3, 0.4) is 0 Å². The number of thioether (sulfide) groups is 1. The Bertz CT molecular complexity index is 433. The van der Waals surface area contributed by atoms with E-state index in [-0.39, 0.29) is 17.9 Å². The molecule has 0 aromatic carbocycles. The zero-order chi connectivity index (χ0) is 13.1. The van der Waals surface area contributed by atoms with Gasteiger partial charge in [0.15, 0.2) is 5.16 Å². The van der Waals surface area contributed by atoms with Gasteiger partial charge in [-0.1, -0.05) is 11.8 Å². The lowest BCUT2D eigenvalue weighted by Gasteiger charge is -2.21. The van der Waals surface area contributed by atoms with Gasteiger partial charge in [-0.15, -0.1) is 0 Å². The predicted octanol–water partition coefficient (Wildman–Crippen LogP) is 2.11. The van der Waals surface area contributed by atoms with E-state index < -0.39 is 5.97 Å². The molecule has 1 fully saturated rings. The van der Waals surface area contributed by atoms with Crippen LogP contribution in [0.2, 0.25) is 0 Å². The standard InChI is InChI=1S/C12H18N2O3S/c1-8-6-14(9-4-3-5-10(9)17-2)12(13-8)18-7-11(15)16/h6,9-10H,3-5,7H2,1-2H3,(H,15,16). The fourth-order valence-corrected chi connectivity index (χ4v) is 3.26. The minimum absolute atomic E-state index is 0.0425. The molecule has 1 aromatic heterocycles. The summed E-state index contributed by atoms with van der Waals surface area (Å²) in [6, 6.07) is 0.285. The Morgan fingerprint density at radius 2 is 2.44 bits per heavy atom. The number of aliphatic carboxylic acids is 1. The second-order valence-electron chi connectivity index (χ2n) is 4.53. The average molecular weight is 270 g/mol. The fourth-order valence-electron chi connectivity index (χ4n) is 2.46. The van der Waals surface area contributed by atoms with E-state index >= 15 is 0 Å². The number of aryl methyl sites for hydroxylation is 1. The van der Waals surface area contributed by atoms with Gasteiger partial charge < -0.3 is 14.4 Å². The molecule has 1 heterocycles. The van der Waals surface area contributed by atoms with Crippen LogP contribution in [0.5, 0.6) is 0 Å². The van der Waals surface area contributed by atoms with Gasteiger partial charge >= 0.3 is 5.97 Å². The molecule has 2 atom stereocenters. The second-order valence-corrected chi connectivity index (χ2v) is 5.47. The Labute approximate surface area is 111 Å². The topological polar surface area (TPSA) is 64.4 Å². The van der Waals surface area contributed by atoms with Crippen molar-refractivity contribution in [1.82, 2.24) is 9.55 Å². The number of rotatable bonds is 5. The van der Waals surface area contributed by atoms with E-state index in [0.29, 0.717) is 0 Å². The summed E-state index contributed by atoms with van der Waals surface area (Å²) in [5, 5.41) is 9.53. The van der Waals surface area contributed by atoms with Gasteiger partial charge in [-0.05, 0) is 26.2 Å². The van der Waals surface area contributed by atoms with Crippen molar-refractivity contribution in [1.29, 1.82) is 0 Å². The zero-order valence-corrected chi connectivity index (χ0v) is 11.4. The molecule has 18 heavy (non-hydrogen) atoms. The molecule has 1 saturated carbocycles. The van der Waals surface area contributed by atoms with E-state index in [9.17, 15) is 4.79 Å². The maximum absolute atomic E-state index is 10.6. The molecular weight excluding hydrogens is 252 g/mol. The molecule has 1 N–H and O–H groups in total. The van der Waals surface area contributed by atoms with Crippen molar-refractivity contribution in [3.8, 4) is 0 Å². The molecule has 0 aliphatic heterocycles. The SMILES string of the molecule is COC1CCCC1n1cc(C)nc1SCC(=O)O. The largest absolute Gasteiger partial charge is 0.481 e. The number of hydrogen-bond acceptors (Lipinski definition) is 4.